The lowest BCUT2D eigenvalue weighted by Crippen LogP contribution is -2.55. The maximum atomic E-state index is 13.7. The van der Waals surface area contributed by atoms with E-state index >= 15 is 0 Å². The first kappa shape index (κ1) is 27.0. The van der Waals surface area contributed by atoms with Gasteiger partial charge in [-0.2, -0.15) is 0 Å². The van der Waals surface area contributed by atoms with Gasteiger partial charge < -0.3 is 14.8 Å². The number of phenols is 1. The molecule has 0 spiro atoms. The number of aromatic hydroxyl groups is 1. The van der Waals surface area contributed by atoms with Gasteiger partial charge in [0.1, 0.15) is 17.4 Å². The molecular weight excluding hydrogens is 488 g/mol. The lowest BCUT2D eigenvalue weighted by Gasteiger charge is -2.48. The van der Waals surface area contributed by atoms with Gasteiger partial charge in [-0.3, -0.25) is 4.79 Å². The van der Waals surface area contributed by atoms with Gasteiger partial charge in [-0.1, -0.05) is 38.1 Å². The van der Waals surface area contributed by atoms with Crippen LogP contribution in [0.3, 0.4) is 0 Å². The number of carbonyl (C=O) groups excluding carboxylic acids is 1. The second kappa shape index (κ2) is 10.4. The van der Waals surface area contributed by atoms with Gasteiger partial charge in [0, 0.05) is 5.69 Å². The molecular formula is C30H35F2NO3Si. The van der Waals surface area contributed by atoms with Gasteiger partial charge in [0.05, 0.1) is 12.0 Å². The summed E-state index contributed by atoms with van der Waals surface area (Å²) in [5.74, 6) is -0.792. The van der Waals surface area contributed by atoms with E-state index < -0.39 is 8.32 Å². The Labute approximate surface area is 218 Å². The Kier molecular flexibility index (Phi) is 7.58. The minimum absolute atomic E-state index is 0.0290. The number of nitrogens with zero attached hydrogens (tertiary/aromatic N) is 1. The van der Waals surface area contributed by atoms with E-state index in [1.807, 2.05) is 25.2 Å². The van der Waals surface area contributed by atoms with Gasteiger partial charge in [0.15, 0.2) is 8.32 Å². The minimum atomic E-state index is -2.49. The molecule has 3 aromatic rings. The zero-order valence-electron chi connectivity index (χ0n) is 21.8. The number of rotatable bonds is 9. The molecule has 0 aromatic heterocycles. The van der Waals surface area contributed by atoms with Crippen LogP contribution in [0.25, 0.3) is 0 Å². The van der Waals surface area contributed by atoms with Crippen molar-refractivity contribution in [2.75, 3.05) is 4.90 Å². The molecule has 1 fully saturated rings. The SMILES string of the molecule is CC(C)(C[C@@H](CC[C@H]1C(=O)N(c2ccc(F)cc2)[C@@H]1c1ccc(O)cc1)c1ccc(F)cc1)[Si](C)(C)O. The van der Waals surface area contributed by atoms with E-state index in [2.05, 4.69) is 13.8 Å². The van der Waals surface area contributed by atoms with Crippen molar-refractivity contribution >= 4 is 19.9 Å². The summed E-state index contributed by atoms with van der Waals surface area (Å²) in [5.41, 5.74) is 2.52. The molecule has 4 nitrogen and oxygen atoms in total. The van der Waals surface area contributed by atoms with E-state index in [1.165, 1.54) is 24.3 Å². The van der Waals surface area contributed by atoms with Crippen LogP contribution in [-0.2, 0) is 4.79 Å². The predicted octanol–water partition coefficient (Wildman–Crippen LogP) is 7.31. The molecule has 4 rings (SSSR count). The molecule has 1 aliphatic heterocycles. The average Bonchev–Trinajstić information content (AvgIpc) is 2.83. The molecule has 2 N–H and O–H groups in total. The van der Waals surface area contributed by atoms with Crippen LogP contribution in [0.5, 0.6) is 5.75 Å². The number of carbonyl (C=O) groups is 1. The summed E-state index contributed by atoms with van der Waals surface area (Å²) in [7, 11) is -2.49. The van der Waals surface area contributed by atoms with Gasteiger partial charge in [-0.15, -0.1) is 0 Å². The molecule has 1 amide bonds. The molecule has 0 unspecified atom stereocenters. The predicted molar refractivity (Wildman–Crippen MR) is 145 cm³/mol. The monoisotopic (exact) mass is 523 g/mol. The molecule has 7 heteroatoms. The highest BCUT2D eigenvalue weighted by molar-refractivity contribution is 6.72. The highest BCUT2D eigenvalue weighted by Crippen LogP contribution is 2.49. The summed E-state index contributed by atoms with van der Waals surface area (Å²) < 4.78 is 27.2. The van der Waals surface area contributed by atoms with Crippen LogP contribution < -0.4 is 4.90 Å². The summed E-state index contributed by atoms with van der Waals surface area (Å²) in [6.45, 7) is 8.04. The molecule has 0 saturated carbocycles. The molecule has 0 aliphatic carbocycles. The number of benzene rings is 3. The lowest BCUT2D eigenvalue weighted by atomic mass is 9.76. The van der Waals surface area contributed by atoms with Gasteiger partial charge >= 0.3 is 0 Å². The number of phenolic OH excluding ortho intramolecular Hbond substituents is 1. The zero-order valence-corrected chi connectivity index (χ0v) is 22.8. The summed E-state index contributed by atoms with van der Waals surface area (Å²) in [6, 6.07) is 19.0. The number of anilines is 1. The molecule has 196 valence electrons. The molecule has 1 saturated heterocycles. The molecule has 1 heterocycles. The van der Waals surface area contributed by atoms with E-state index in [9.17, 15) is 23.5 Å². The Morgan fingerprint density at radius 1 is 0.919 bits per heavy atom. The minimum Gasteiger partial charge on any atom is -0.508 e. The Morgan fingerprint density at radius 2 is 1.46 bits per heavy atom. The van der Waals surface area contributed by atoms with Crippen molar-refractivity contribution in [3.63, 3.8) is 0 Å². The average molecular weight is 524 g/mol. The highest BCUT2D eigenvalue weighted by Gasteiger charge is 2.49. The van der Waals surface area contributed by atoms with E-state index in [4.69, 9.17) is 0 Å². The van der Waals surface area contributed by atoms with Gasteiger partial charge in [0.25, 0.3) is 0 Å². The van der Waals surface area contributed by atoms with Crippen molar-refractivity contribution in [1.82, 2.24) is 0 Å². The number of β-lactam (4-membered cyclic amide) rings is 1. The van der Waals surface area contributed by atoms with Crippen LogP contribution >= 0.6 is 0 Å². The van der Waals surface area contributed by atoms with Crippen molar-refractivity contribution in [3.05, 3.63) is 95.6 Å². The summed E-state index contributed by atoms with van der Waals surface area (Å²) in [5, 5.41) is 9.50. The number of hydrogen-bond donors (Lipinski definition) is 2. The van der Waals surface area contributed by atoms with Gasteiger partial charge in [-0.05, 0) is 103 Å². The van der Waals surface area contributed by atoms with Crippen molar-refractivity contribution in [2.24, 2.45) is 5.92 Å². The summed E-state index contributed by atoms with van der Waals surface area (Å²) in [4.78, 5) is 26.1. The van der Waals surface area contributed by atoms with Crippen LogP contribution in [0.2, 0.25) is 18.1 Å². The van der Waals surface area contributed by atoms with Crippen molar-refractivity contribution in [1.29, 1.82) is 0 Å². The number of hydrogen-bond acceptors (Lipinski definition) is 3. The van der Waals surface area contributed by atoms with Crippen molar-refractivity contribution in [3.8, 4) is 5.75 Å². The highest BCUT2D eigenvalue weighted by atomic mass is 28.4. The standard InChI is InChI=1S/C30H35F2NO3Si/c1-30(2,37(3,4)36)19-22(20-5-10-23(31)11-6-20)9-18-27-28(21-7-16-26(34)17-8-21)33(29(27)35)25-14-12-24(32)13-15-25/h5-8,10-17,22,27-28,34,36H,9,18-19H2,1-4H3/t22-,27-,28-/m1/s1. The lowest BCUT2D eigenvalue weighted by molar-refractivity contribution is -0.130. The van der Waals surface area contributed by atoms with Crippen molar-refractivity contribution in [2.45, 2.75) is 63.2 Å². The number of amides is 1. The van der Waals surface area contributed by atoms with E-state index in [1.54, 1.807) is 41.3 Å². The Balaban J connectivity index is 1.61. The summed E-state index contributed by atoms with van der Waals surface area (Å²) >= 11 is 0. The molecule has 0 bridgehead atoms. The van der Waals surface area contributed by atoms with Crippen molar-refractivity contribution < 1.29 is 23.5 Å². The van der Waals surface area contributed by atoms with Crippen LogP contribution in [0.4, 0.5) is 14.5 Å². The van der Waals surface area contributed by atoms with Gasteiger partial charge in [-0.25, -0.2) is 8.78 Å². The van der Waals surface area contributed by atoms with E-state index in [0.717, 1.165) is 17.5 Å². The first-order valence-electron chi connectivity index (χ1n) is 12.7. The molecule has 1 aliphatic rings. The van der Waals surface area contributed by atoms with Crippen LogP contribution in [0, 0.1) is 17.6 Å². The smallest absolute Gasteiger partial charge is 0.233 e. The summed E-state index contributed by atoms with van der Waals surface area (Å²) in [6.07, 6.45) is 2.02. The maximum Gasteiger partial charge on any atom is 0.233 e. The quantitative estimate of drug-likeness (QED) is 0.228. The second-order valence-corrected chi connectivity index (χ2v) is 15.8. The second-order valence-electron chi connectivity index (χ2n) is 11.3. The third-order valence-electron chi connectivity index (χ3n) is 8.13. The molecule has 3 atom stereocenters. The Morgan fingerprint density at radius 3 is 2.00 bits per heavy atom. The normalized spacial score (nSPS) is 19.0. The Bertz CT molecular complexity index is 1220. The Hall–Kier alpha value is -3.03. The maximum absolute atomic E-state index is 13.7. The third kappa shape index (κ3) is 5.78. The topological polar surface area (TPSA) is 60.8 Å². The van der Waals surface area contributed by atoms with Gasteiger partial charge in [0.2, 0.25) is 5.91 Å². The van der Waals surface area contributed by atoms with Crippen LogP contribution in [0.15, 0.2) is 72.8 Å². The molecule has 3 aromatic carbocycles. The fourth-order valence-corrected chi connectivity index (χ4v) is 5.89. The fraction of sp³-hybridized carbons (Fsp3) is 0.367. The first-order valence-corrected chi connectivity index (χ1v) is 15.7. The van der Waals surface area contributed by atoms with Crippen LogP contribution in [-0.4, -0.2) is 24.1 Å². The third-order valence-corrected chi connectivity index (χ3v) is 11.7. The zero-order chi connectivity index (χ0) is 27.0. The van der Waals surface area contributed by atoms with E-state index in [0.29, 0.717) is 18.5 Å². The fourth-order valence-electron chi connectivity index (χ4n) is 5.14. The van der Waals surface area contributed by atoms with Crippen LogP contribution in [0.1, 0.15) is 56.2 Å². The number of halogens is 2. The molecule has 0 radical (unpaired) electrons. The van der Waals surface area contributed by atoms with E-state index in [-0.39, 0.29) is 46.2 Å². The first-order chi connectivity index (χ1) is 17.4. The largest absolute Gasteiger partial charge is 0.508 e. The molecule has 37 heavy (non-hydrogen) atoms.